The van der Waals surface area contributed by atoms with Gasteiger partial charge in [-0.25, -0.2) is 4.68 Å². The highest BCUT2D eigenvalue weighted by molar-refractivity contribution is 7.98. The molecule has 0 saturated heterocycles. The number of halogens is 1. The number of hydrogen-bond donors (Lipinski definition) is 3. The number of aromatic nitrogens is 6. The molecule has 0 aliphatic carbocycles. The van der Waals surface area contributed by atoms with Gasteiger partial charge in [0, 0.05) is 16.3 Å². The number of nitrogen functional groups attached to an aromatic ring is 2. The zero-order chi connectivity index (χ0) is 21.8. The summed E-state index contributed by atoms with van der Waals surface area (Å²) in [5.41, 5.74) is 8.80. The van der Waals surface area contributed by atoms with Crippen molar-refractivity contribution in [2.24, 2.45) is 0 Å². The molecule has 0 bridgehead atoms. The van der Waals surface area contributed by atoms with Crippen molar-refractivity contribution in [2.45, 2.75) is 24.3 Å². The summed E-state index contributed by atoms with van der Waals surface area (Å²) in [5.74, 6) is 8.14. The van der Waals surface area contributed by atoms with Crippen molar-refractivity contribution in [1.82, 2.24) is 29.8 Å². The second kappa shape index (κ2) is 9.19. The van der Waals surface area contributed by atoms with Crippen molar-refractivity contribution in [2.75, 3.05) is 16.9 Å². The Kier molecular flexibility index (Phi) is 6.19. The van der Waals surface area contributed by atoms with Gasteiger partial charge in [0.05, 0.1) is 5.75 Å². The fourth-order valence-electron chi connectivity index (χ4n) is 2.93. The maximum Gasteiger partial charge on any atom is 0.232 e. The van der Waals surface area contributed by atoms with E-state index in [4.69, 9.17) is 23.2 Å². The molecule has 0 spiro atoms. The average Bonchev–Trinajstić information content (AvgIpc) is 3.13. The number of nitrogens with zero attached hydrogens (tertiary/aromatic N) is 6. The fourth-order valence-corrected chi connectivity index (χ4v) is 3.77. The van der Waals surface area contributed by atoms with Crippen LogP contribution in [0.3, 0.4) is 0 Å². The Morgan fingerprint density at radius 3 is 2.58 bits per heavy atom. The molecule has 4 rings (SSSR count). The van der Waals surface area contributed by atoms with E-state index < -0.39 is 0 Å². The Morgan fingerprint density at radius 1 is 1.03 bits per heavy atom. The number of rotatable bonds is 7. The molecule has 2 aromatic heterocycles. The van der Waals surface area contributed by atoms with Crippen molar-refractivity contribution in [1.29, 1.82) is 0 Å². The van der Waals surface area contributed by atoms with Crippen LogP contribution in [0, 0.1) is 0 Å². The third-order valence-electron chi connectivity index (χ3n) is 4.44. The van der Waals surface area contributed by atoms with Gasteiger partial charge in [0.15, 0.2) is 5.82 Å². The minimum atomic E-state index is 0.137. The number of nitrogens with one attached hydrogen (secondary N) is 1. The van der Waals surface area contributed by atoms with Crippen LogP contribution in [0.15, 0.2) is 53.7 Å². The third kappa shape index (κ3) is 4.86. The van der Waals surface area contributed by atoms with Gasteiger partial charge in [0.25, 0.3) is 0 Å². The number of aryl methyl sites for hydroxylation is 1. The number of anilines is 3. The minimum absolute atomic E-state index is 0.137. The summed E-state index contributed by atoms with van der Waals surface area (Å²) < 4.78 is 1.43. The van der Waals surface area contributed by atoms with E-state index in [0.29, 0.717) is 33.5 Å². The monoisotopic (exact) mass is 453 g/mol. The molecule has 0 fully saturated rings. The SMILES string of the molecule is CCc1ccccc1Nc1nc(N)nc(CSc2nnc(-c3ccc(Cl)cc3)n2N)n1. The van der Waals surface area contributed by atoms with Crippen molar-refractivity contribution in [3.05, 3.63) is 64.9 Å². The van der Waals surface area contributed by atoms with Crippen molar-refractivity contribution in [3.63, 3.8) is 0 Å². The summed E-state index contributed by atoms with van der Waals surface area (Å²) in [5, 5.41) is 12.7. The summed E-state index contributed by atoms with van der Waals surface area (Å²) in [7, 11) is 0. The molecule has 158 valence electrons. The van der Waals surface area contributed by atoms with Crippen molar-refractivity contribution < 1.29 is 0 Å². The van der Waals surface area contributed by atoms with Crippen LogP contribution in [0.2, 0.25) is 5.02 Å². The molecular formula is C20H20ClN9S. The molecule has 0 aliphatic heterocycles. The lowest BCUT2D eigenvalue weighted by Gasteiger charge is -2.10. The lowest BCUT2D eigenvalue weighted by atomic mass is 10.1. The highest BCUT2D eigenvalue weighted by Crippen LogP contribution is 2.25. The molecule has 0 unspecified atom stereocenters. The van der Waals surface area contributed by atoms with Crippen molar-refractivity contribution >= 4 is 40.9 Å². The lowest BCUT2D eigenvalue weighted by molar-refractivity contribution is 0.847. The van der Waals surface area contributed by atoms with E-state index in [9.17, 15) is 0 Å². The Labute approximate surface area is 188 Å². The number of para-hydroxylation sites is 1. The summed E-state index contributed by atoms with van der Waals surface area (Å²) in [6.45, 7) is 2.09. The van der Waals surface area contributed by atoms with Gasteiger partial charge in [-0.15, -0.1) is 10.2 Å². The largest absolute Gasteiger partial charge is 0.368 e. The number of hydrogen-bond acceptors (Lipinski definition) is 9. The maximum absolute atomic E-state index is 6.18. The van der Waals surface area contributed by atoms with E-state index in [1.807, 2.05) is 30.3 Å². The van der Waals surface area contributed by atoms with E-state index in [-0.39, 0.29) is 5.95 Å². The molecule has 0 aliphatic rings. The van der Waals surface area contributed by atoms with Crippen LogP contribution in [0.1, 0.15) is 18.3 Å². The summed E-state index contributed by atoms with van der Waals surface area (Å²) in [6, 6.07) is 15.2. The molecule has 2 aromatic carbocycles. The molecule has 31 heavy (non-hydrogen) atoms. The fraction of sp³-hybridized carbons (Fsp3) is 0.150. The smallest absolute Gasteiger partial charge is 0.232 e. The molecule has 5 N–H and O–H groups in total. The van der Waals surface area contributed by atoms with Crippen LogP contribution in [-0.4, -0.2) is 29.8 Å². The van der Waals surface area contributed by atoms with Gasteiger partial charge in [-0.05, 0) is 42.3 Å². The van der Waals surface area contributed by atoms with Gasteiger partial charge < -0.3 is 16.9 Å². The minimum Gasteiger partial charge on any atom is -0.368 e. The van der Waals surface area contributed by atoms with E-state index in [0.717, 1.165) is 23.2 Å². The second-order valence-electron chi connectivity index (χ2n) is 6.54. The highest BCUT2D eigenvalue weighted by atomic mass is 35.5. The quantitative estimate of drug-likeness (QED) is 0.283. The molecule has 11 heteroatoms. The summed E-state index contributed by atoms with van der Waals surface area (Å²) in [4.78, 5) is 12.9. The average molecular weight is 454 g/mol. The van der Waals surface area contributed by atoms with Gasteiger partial charge in [0.1, 0.15) is 5.82 Å². The standard InChI is InChI=1S/C20H20ClN9S/c1-2-12-5-3-4-6-15(12)24-19-26-16(25-18(22)27-19)11-31-20-29-28-17(30(20)23)13-7-9-14(21)10-8-13/h3-10H,2,11,23H2,1H3,(H3,22,24,25,26,27). The van der Waals surface area contributed by atoms with Crippen LogP contribution >= 0.6 is 23.4 Å². The van der Waals surface area contributed by atoms with E-state index in [1.165, 1.54) is 16.4 Å². The molecule has 9 nitrogen and oxygen atoms in total. The number of nitrogens with two attached hydrogens (primary N) is 2. The molecule has 0 saturated carbocycles. The Morgan fingerprint density at radius 2 is 1.81 bits per heavy atom. The Bertz CT molecular complexity index is 1190. The van der Waals surface area contributed by atoms with Gasteiger partial charge in [-0.3, -0.25) is 0 Å². The summed E-state index contributed by atoms with van der Waals surface area (Å²) in [6.07, 6.45) is 0.883. The van der Waals surface area contributed by atoms with Crippen LogP contribution < -0.4 is 16.9 Å². The second-order valence-corrected chi connectivity index (χ2v) is 7.92. The van der Waals surface area contributed by atoms with Crippen LogP contribution in [-0.2, 0) is 12.2 Å². The molecule has 0 amide bonds. The first-order valence-corrected chi connectivity index (χ1v) is 10.8. The topological polar surface area (TPSA) is 133 Å². The highest BCUT2D eigenvalue weighted by Gasteiger charge is 2.14. The first kappa shape index (κ1) is 20.9. The van der Waals surface area contributed by atoms with Gasteiger partial charge >= 0.3 is 0 Å². The third-order valence-corrected chi connectivity index (χ3v) is 5.63. The predicted octanol–water partition coefficient (Wildman–Crippen LogP) is 3.68. The van der Waals surface area contributed by atoms with Gasteiger partial charge in [-0.1, -0.05) is 48.5 Å². The van der Waals surface area contributed by atoms with Crippen LogP contribution in [0.4, 0.5) is 17.6 Å². The van der Waals surface area contributed by atoms with Crippen LogP contribution in [0.5, 0.6) is 0 Å². The Balaban J connectivity index is 1.50. The van der Waals surface area contributed by atoms with E-state index in [1.54, 1.807) is 12.1 Å². The number of benzene rings is 2. The van der Waals surface area contributed by atoms with Gasteiger partial charge in [-0.2, -0.15) is 15.0 Å². The zero-order valence-corrected chi connectivity index (χ0v) is 18.2. The Hall–Kier alpha value is -3.37. The number of thioether (sulfide) groups is 1. The summed E-state index contributed by atoms with van der Waals surface area (Å²) >= 11 is 7.29. The molecule has 4 aromatic rings. The van der Waals surface area contributed by atoms with Gasteiger partial charge in [0.2, 0.25) is 17.1 Å². The maximum atomic E-state index is 6.18. The van der Waals surface area contributed by atoms with E-state index in [2.05, 4.69) is 43.5 Å². The predicted molar refractivity (Wildman–Crippen MR) is 124 cm³/mol. The first-order valence-electron chi connectivity index (χ1n) is 9.48. The molecule has 0 radical (unpaired) electrons. The van der Waals surface area contributed by atoms with Crippen LogP contribution in [0.25, 0.3) is 11.4 Å². The molecular weight excluding hydrogens is 434 g/mol. The van der Waals surface area contributed by atoms with E-state index >= 15 is 0 Å². The first-order chi connectivity index (χ1) is 15.0. The molecule has 0 atom stereocenters. The van der Waals surface area contributed by atoms with Crippen molar-refractivity contribution in [3.8, 4) is 11.4 Å². The lowest BCUT2D eigenvalue weighted by Crippen LogP contribution is -2.12. The zero-order valence-electron chi connectivity index (χ0n) is 16.7. The molecule has 2 heterocycles. The normalized spacial score (nSPS) is 10.9.